The summed E-state index contributed by atoms with van der Waals surface area (Å²) >= 11 is 6.02. The SMILES string of the molecule is CS(=O)(=O)Nc1ccc(C(=O)N2CCCCC2)cc1Cl. The molecule has 1 aromatic rings. The van der Waals surface area contributed by atoms with E-state index in [1.165, 1.54) is 12.1 Å². The summed E-state index contributed by atoms with van der Waals surface area (Å²) in [6, 6.07) is 4.61. The summed E-state index contributed by atoms with van der Waals surface area (Å²) in [5, 5.41) is 0.221. The second-order valence-corrected chi connectivity index (χ2v) is 7.08. The zero-order valence-corrected chi connectivity index (χ0v) is 12.8. The minimum Gasteiger partial charge on any atom is -0.339 e. The van der Waals surface area contributed by atoms with Crippen LogP contribution in [0.4, 0.5) is 5.69 Å². The number of hydrogen-bond donors (Lipinski definition) is 1. The van der Waals surface area contributed by atoms with Crippen LogP contribution < -0.4 is 4.72 Å². The molecule has 0 aliphatic carbocycles. The molecule has 2 rings (SSSR count). The standard InChI is InChI=1S/C13H17ClN2O3S/c1-20(18,19)15-12-6-5-10(9-11(12)14)13(17)16-7-3-2-4-8-16/h5-6,9,15H,2-4,7-8H2,1H3. The Bertz CT molecular complexity index is 610. The van der Waals surface area contributed by atoms with E-state index in [-0.39, 0.29) is 16.6 Å². The number of benzene rings is 1. The first kappa shape index (κ1) is 15.1. The molecule has 0 spiro atoms. The second-order valence-electron chi connectivity index (χ2n) is 4.92. The van der Waals surface area contributed by atoms with Gasteiger partial charge in [0.15, 0.2) is 0 Å². The average Bonchev–Trinajstić information content (AvgIpc) is 2.40. The van der Waals surface area contributed by atoms with E-state index in [4.69, 9.17) is 11.6 Å². The van der Waals surface area contributed by atoms with Crippen LogP contribution in [0, 0.1) is 0 Å². The van der Waals surface area contributed by atoms with Gasteiger partial charge in [-0.15, -0.1) is 0 Å². The van der Waals surface area contributed by atoms with Gasteiger partial charge in [0.25, 0.3) is 5.91 Å². The minimum atomic E-state index is -3.38. The second kappa shape index (κ2) is 6.01. The summed E-state index contributed by atoms with van der Waals surface area (Å²) in [5.41, 5.74) is 0.764. The van der Waals surface area contributed by atoms with Crippen LogP contribution in [0.15, 0.2) is 18.2 Å². The lowest BCUT2D eigenvalue weighted by atomic mass is 10.1. The molecule has 1 heterocycles. The van der Waals surface area contributed by atoms with Crippen molar-refractivity contribution >= 4 is 33.2 Å². The number of likely N-dealkylation sites (tertiary alicyclic amines) is 1. The smallest absolute Gasteiger partial charge is 0.253 e. The highest BCUT2D eigenvalue weighted by Crippen LogP contribution is 2.25. The fourth-order valence-electron chi connectivity index (χ4n) is 2.21. The Balaban J connectivity index is 2.17. The van der Waals surface area contributed by atoms with Crippen molar-refractivity contribution in [2.75, 3.05) is 24.1 Å². The number of amides is 1. The Morgan fingerprint density at radius 3 is 2.45 bits per heavy atom. The molecule has 0 radical (unpaired) electrons. The van der Waals surface area contributed by atoms with Crippen LogP contribution in [0.3, 0.4) is 0 Å². The molecule has 0 bridgehead atoms. The molecule has 1 N–H and O–H groups in total. The van der Waals surface area contributed by atoms with Gasteiger partial charge in [-0.3, -0.25) is 9.52 Å². The highest BCUT2D eigenvalue weighted by Gasteiger charge is 2.19. The van der Waals surface area contributed by atoms with Crippen LogP contribution in [0.2, 0.25) is 5.02 Å². The molecule has 1 aliphatic rings. The zero-order chi connectivity index (χ0) is 14.8. The number of nitrogens with zero attached hydrogens (tertiary/aromatic N) is 1. The van der Waals surface area contributed by atoms with Crippen LogP contribution in [0.25, 0.3) is 0 Å². The average molecular weight is 317 g/mol. The summed E-state index contributed by atoms with van der Waals surface area (Å²) in [7, 11) is -3.38. The van der Waals surface area contributed by atoms with Crippen LogP contribution in [-0.4, -0.2) is 38.6 Å². The third-order valence-electron chi connectivity index (χ3n) is 3.15. The fourth-order valence-corrected chi connectivity index (χ4v) is 3.07. The molecule has 1 aliphatic heterocycles. The van der Waals surface area contributed by atoms with Crippen molar-refractivity contribution in [1.82, 2.24) is 4.90 Å². The lowest BCUT2D eigenvalue weighted by molar-refractivity contribution is 0.0724. The van der Waals surface area contributed by atoms with Gasteiger partial charge in [-0.1, -0.05) is 11.6 Å². The lowest BCUT2D eigenvalue weighted by Gasteiger charge is -2.26. The maximum Gasteiger partial charge on any atom is 0.253 e. The van der Waals surface area contributed by atoms with E-state index in [0.717, 1.165) is 38.6 Å². The molecular formula is C13H17ClN2O3S. The first-order valence-electron chi connectivity index (χ1n) is 6.43. The Labute approximate surface area is 124 Å². The van der Waals surface area contributed by atoms with Gasteiger partial charge in [0.1, 0.15) is 0 Å². The van der Waals surface area contributed by atoms with Crippen molar-refractivity contribution in [3.63, 3.8) is 0 Å². The number of nitrogens with one attached hydrogen (secondary N) is 1. The highest BCUT2D eigenvalue weighted by molar-refractivity contribution is 7.92. The van der Waals surface area contributed by atoms with Crippen LogP contribution >= 0.6 is 11.6 Å². The molecule has 1 saturated heterocycles. The van der Waals surface area contributed by atoms with E-state index in [1.807, 2.05) is 0 Å². The van der Waals surface area contributed by atoms with Crippen molar-refractivity contribution in [3.05, 3.63) is 28.8 Å². The van der Waals surface area contributed by atoms with Gasteiger partial charge in [0, 0.05) is 18.7 Å². The topological polar surface area (TPSA) is 66.5 Å². The third-order valence-corrected chi connectivity index (χ3v) is 4.06. The van der Waals surface area contributed by atoms with Gasteiger partial charge in [-0.25, -0.2) is 8.42 Å². The summed E-state index contributed by atoms with van der Waals surface area (Å²) in [6.07, 6.45) is 4.25. The van der Waals surface area contributed by atoms with Gasteiger partial charge >= 0.3 is 0 Å². The predicted octanol–water partition coefficient (Wildman–Crippen LogP) is 2.34. The molecule has 110 valence electrons. The number of hydrogen-bond acceptors (Lipinski definition) is 3. The van der Waals surface area contributed by atoms with E-state index in [9.17, 15) is 13.2 Å². The molecule has 1 fully saturated rings. The van der Waals surface area contributed by atoms with E-state index in [0.29, 0.717) is 5.56 Å². The normalized spacial score (nSPS) is 16.0. The molecule has 1 amide bonds. The largest absolute Gasteiger partial charge is 0.339 e. The van der Waals surface area contributed by atoms with E-state index < -0.39 is 10.0 Å². The zero-order valence-electron chi connectivity index (χ0n) is 11.2. The van der Waals surface area contributed by atoms with Gasteiger partial charge in [-0.2, -0.15) is 0 Å². The molecular weight excluding hydrogens is 300 g/mol. The van der Waals surface area contributed by atoms with Crippen molar-refractivity contribution in [2.45, 2.75) is 19.3 Å². The third kappa shape index (κ3) is 3.86. The summed E-state index contributed by atoms with van der Waals surface area (Å²) in [6.45, 7) is 1.53. The first-order chi connectivity index (χ1) is 9.37. The van der Waals surface area contributed by atoms with Crippen molar-refractivity contribution in [1.29, 1.82) is 0 Å². The molecule has 5 nitrogen and oxygen atoms in total. The molecule has 0 aromatic heterocycles. The maximum absolute atomic E-state index is 12.3. The number of carbonyl (C=O) groups is 1. The molecule has 0 unspecified atom stereocenters. The summed E-state index contributed by atoms with van der Waals surface area (Å²) in [4.78, 5) is 14.1. The number of rotatable bonds is 3. The summed E-state index contributed by atoms with van der Waals surface area (Å²) < 4.78 is 24.7. The van der Waals surface area contributed by atoms with Crippen molar-refractivity contribution in [2.24, 2.45) is 0 Å². The molecule has 0 atom stereocenters. The Morgan fingerprint density at radius 1 is 1.25 bits per heavy atom. The first-order valence-corrected chi connectivity index (χ1v) is 8.70. The highest BCUT2D eigenvalue weighted by atomic mass is 35.5. The molecule has 1 aromatic carbocycles. The van der Waals surface area contributed by atoms with E-state index in [2.05, 4.69) is 4.72 Å². The minimum absolute atomic E-state index is 0.0579. The number of carbonyl (C=O) groups excluding carboxylic acids is 1. The monoisotopic (exact) mass is 316 g/mol. The molecule has 20 heavy (non-hydrogen) atoms. The number of piperidine rings is 1. The quantitative estimate of drug-likeness (QED) is 0.930. The molecule has 0 saturated carbocycles. The number of halogens is 1. The van der Waals surface area contributed by atoms with E-state index >= 15 is 0 Å². The lowest BCUT2D eigenvalue weighted by Crippen LogP contribution is -2.35. The Hall–Kier alpha value is -1.27. The summed E-state index contributed by atoms with van der Waals surface area (Å²) in [5.74, 6) is -0.0579. The number of sulfonamides is 1. The van der Waals surface area contributed by atoms with Crippen molar-refractivity contribution < 1.29 is 13.2 Å². The van der Waals surface area contributed by atoms with Gasteiger partial charge in [0.05, 0.1) is 17.0 Å². The molecule has 7 heteroatoms. The van der Waals surface area contributed by atoms with Gasteiger partial charge < -0.3 is 4.90 Å². The van der Waals surface area contributed by atoms with Crippen molar-refractivity contribution in [3.8, 4) is 0 Å². The van der Waals surface area contributed by atoms with Gasteiger partial charge in [-0.05, 0) is 37.5 Å². The van der Waals surface area contributed by atoms with Gasteiger partial charge in [0.2, 0.25) is 10.0 Å². The number of anilines is 1. The van der Waals surface area contributed by atoms with E-state index in [1.54, 1.807) is 11.0 Å². The van der Waals surface area contributed by atoms with Crippen LogP contribution in [0.1, 0.15) is 29.6 Å². The maximum atomic E-state index is 12.3. The predicted molar refractivity (Wildman–Crippen MR) is 79.7 cm³/mol. The Kier molecular flexibility index (Phi) is 4.55. The van der Waals surface area contributed by atoms with Crippen LogP contribution in [0.5, 0.6) is 0 Å². The van der Waals surface area contributed by atoms with Crippen LogP contribution in [-0.2, 0) is 10.0 Å². The fraction of sp³-hybridized carbons (Fsp3) is 0.462. The Morgan fingerprint density at radius 2 is 1.90 bits per heavy atom.